The highest BCUT2D eigenvalue weighted by atomic mass is 15.2. The van der Waals surface area contributed by atoms with E-state index in [0.717, 1.165) is 24.4 Å². The molecule has 0 spiro atoms. The van der Waals surface area contributed by atoms with Crippen LogP contribution in [0.25, 0.3) is 0 Å². The molecular weight excluding hydrogens is 232 g/mol. The van der Waals surface area contributed by atoms with Crippen LogP contribution in [0.3, 0.4) is 0 Å². The van der Waals surface area contributed by atoms with Crippen molar-refractivity contribution >= 4 is 0 Å². The van der Waals surface area contributed by atoms with Gasteiger partial charge < -0.3 is 5.32 Å². The second-order valence-electron chi connectivity index (χ2n) is 7.96. The van der Waals surface area contributed by atoms with Crippen molar-refractivity contribution in [2.75, 3.05) is 19.6 Å². The molecule has 1 heterocycles. The van der Waals surface area contributed by atoms with Crippen molar-refractivity contribution in [1.29, 1.82) is 0 Å². The molecule has 1 aliphatic heterocycles. The van der Waals surface area contributed by atoms with Crippen molar-refractivity contribution in [1.82, 2.24) is 10.2 Å². The molecule has 3 unspecified atom stereocenters. The van der Waals surface area contributed by atoms with Gasteiger partial charge in [0, 0.05) is 25.2 Å². The van der Waals surface area contributed by atoms with E-state index in [-0.39, 0.29) is 0 Å². The highest BCUT2D eigenvalue weighted by molar-refractivity contribution is 4.93. The van der Waals surface area contributed by atoms with Gasteiger partial charge in [-0.2, -0.15) is 0 Å². The lowest BCUT2D eigenvalue weighted by Crippen LogP contribution is -2.62. The van der Waals surface area contributed by atoms with Crippen LogP contribution < -0.4 is 5.32 Å². The molecule has 1 fully saturated rings. The molecule has 114 valence electrons. The first kappa shape index (κ1) is 17.0. The first-order valence-corrected chi connectivity index (χ1v) is 8.23. The van der Waals surface area contributed by atoms with Gasteiger partial charge in [0.25, 0.3) is 0 Å². The van der Waals surface area contributed by atoms with Crippen LogP contribution in [0, 0.1) is 17.3 Å². The Bertz CT molecular complexity index is 254. The third-order valence-corrected chi connectivity index (χ3v) is 4.80. The summed E-state index contributed by atoms with van der Waals surface area (Å²) in [4.78, 5) is 2.76. The molecule has 2 nitrogen and oxygen atoms in total. The maximum Gasteiger partial charge on any atom is 0.0246 e. The van der Waals surface area contributed by atoms with Gasteiger partial charge in [-0.25, -0.2) is 0 Å². The molecule has 1 rings (SSSR count). The smallest absolute Gasteiger partial charge is 0.0246 e. The summed E-state index contributed by atoms with van der Waals surface area (Å²) < 4.78 is 0. The van der Waals surface area contributed by atoms with Gasteiger partial charge in [0.2, 0.25) is 0 Å². The van der Waals surface area contributed by atoms with E-state index in [1.165, 1.54) is 25.9 Å². The minimum Gasteiger partial charge on any atom is -0.311 e. The molecule has 0 aromatic carbocycles. The normalized spacial score (nSPS) is 27.8. The second-order valence-corrected chi connectivity index (χ2v) is 7.96. The van der Waals surface area contributed by atoms with Crippen molar-refractivity contribution < 1.29 is 0 Å². The molecule has 0 amide bonds. The van der Waals surface area contributed by atoms with Crippen LogP contribution >= 0.6 is 0 Å². The minimum absolute atomic E-state index is 0.358. The summed E-state index contributed by atoms with van der Waals surface area (Å²) in [5, 5.41) is 3.80. The second kappa shape index (κ2) is 7.08. The van der Waals surface area contributed by atoms with Gasteiger partial charge in [-0.15, -0.1) is 0 Å². The quantitative estimate of drug-likeness (QED) is 0.816. The van der Waals surface area contributed by atoms with Crippen LogP contribution in [-0.4, -0.2) is 36.6 Å². The van der Waals surface area contributed by atoms with Gasteiger partial charge in [0.15, 0.2) is 0 Å². The maximum absolute atomic E-state index is 3.80. The Kier molecular flexibility index (Phi) is 6.32. The van der Waals surface area contributed by atoms with E-state index < -0.39 is 0 Å². The molecule has 0 aliphatic carbocycles. The molecule has 3 atom stereocenters. The van der Waals surface area contributed by atoms with Gasteiger partial charge in [-0.05, 0) is 30.2 Å². The average Bonchev–Trinajstić information content (AvgIpc) is 2.33. The standard InChI is InChI=1S/C17H36N2/c1-8-14(4)15-11-18-16(17(5,6)7)12-19(15)10-9-13(2)3/h13-16,18H,8-12H2,1-7H3. The monoisotopic (exact) mass is 268 g/mol. The number of nitrogens with one attached hydrogen (secondary N) is 1. The van der Waals surface area contributed by atoms with Crippen LogP contribution in [0.2, 0.25) is 0 Å². The van der Waals surface area contributed by atoms with Crippen molar-refractivity contribution in [2.24, 2.45) is 17.3 Å². The van der Waals surface area contributed by atoms with Gasteiger partial charge in [-0.3, -0.25) is 4.90 Å². The maximum atomic E-state index is 3.80. The van der Waals surface area contributed by atoms with Gasteiger partial charge >= 0.3 is 0 Å². The molecule has 0 aromatic rings. The molecule has 0 bridgehead atoms. The largest absolute Gasteiger partial charge is 0.311 e. The SMILES string of the molecule is CCC(C)C1CNC(C(C)(C)C)CN1CCC(C)C. The molecule has 0 aromatic heterocycles. The summed E-state index contributed by atoms with van der Waals surface area (Å²) >= 11 is 0. The fraction of sp³-hybridized carbons (Fsp3) is 1.00. The predicted octanol–water partition coefficient (Wildman–Crippen LogP) is 3.77. The summed E-state index contributed by atoms with van der Waals surface area (Å²) in [6.07, 6.45) is 2.61. The summed E-state index contributed by atoms with van der Waals surface area (Å²) in [5.41, 5.74) is 0.358. The van der Waals surface area contributed by atoms with Crippen molar-refractivity contribution in [2.45, 2.75) is 73.4 Å². The number of hydrogen-bond donors (Lipinski definition) is 1. The number of nitrogens with zero attached hydrogens (tertiary/aromatic N) is 1. The first-order chi connectivity index (χ1) is 8.75. The van der Waals surface area contributed by atoms with Crippen molar-refractivity contribution in [3.8, 4) is 0 Å². The molecule has 1 saturated heterocycles. The fourth-order valence-corrected chi connectivity index (χ4v) is 2.92. The molecule has 0 radical (unpaired) electrons. The summed E-state index contributed by atoms with van der Waals surface area (Å²) in [7, 11) is 0. The summed E-state index contributed by atoms with van der Waals surface area (Å²) in [5.74, 6) is 1.60. The third-order valence-electron chi connectivity index (χ3n) is 4.80. The highest BCUT2D eigenvalue weighted by Gasteiger charge is 2.35. The van der Waals surface area contributed by atoms with E-state index in [1.54, 1.807) is 0 Å². The van der Waals surface area contributed by atoms with Gasteiger partial charge in [0.05, 0.1) is 0 Å². The Morgan fingerprint density at radius 2 is 1.84 bits per heavy atom. The predicted molar refractivity (Wildman–Crippen MR) is 85.5 cm³/mol. The van der Waals surface area contributed by atoms with Crippen molar-refractivity contribution in [3.05, 3.63) is 0 Å². The number of rotatable bonds is 5. The van der Waals surface area contributed by atoms with Crippen LogP contribution in [0.1, 0.15) is 61.3 Å². The van der Waals surface area contributed by atoms with E-state index in [9.17, 15) is 0 Å². The molecule has 19 heavy (non-hydrogen) atoms. The minimum atomic E-state index is 0.358. The van der Waals surface area contributed by atoms with Gasteiger partial charge in [0.1, 0.15) is 0 Å². The summed E-state index contributed by atoms with van der Waals surface area (Å²) in [6, 6.07) is 1.35. The summed E-state index contributed by atoms with van der Waals surface area (Å²) in [6.45, 7) is 20.1. The van der Waals surface area contributed by atoms with E-state index in [1.807, 2.05) is 0 Å². The number of piperazine rings is 1. The number of hydrogen-bond acceptors (Lipinski definition) is 2. The zero-order chi connectivity index (χ0) is 14.6. The van der Waals surface area contributed by atoms with E-state index in [0.29, 0.717) is 11.5 Å². The van der Waals surface area contributed by atoms with Gasteiger partial charge in [-0.1, -0.05) is 54.9 Å². The Morgan fingerprint density at radius 1 is 1.21 bits per heavy atom. The molecule has 0 saturated carbocycles. The van der Waals surface area contributed by atoms with Crippen LogP contribution in [0.4, 0.5) is 0 Å². The van der Waals surface area contributed by atoms with Crippen molar-refractivity contribution in [3.63, 3.8) is 0 Å². The van der Waals surface area contributed by atoms with Crippen LogP contribution in [-0.2, 0) is 0 Å². The fourth-order valence-electron chi connectivity index (χ4n) is 2.92. The topological polar surface area (TPSA) is 15.3 Å². The lowest BCUT2D eigenvalue weighted by molar-refractivity contribution is 0.0549. The lowest BCUT2D eigenvalue weighted by Gasteiger charge is -2.47. The van der Waals surface area contributed by atoms with Crippen LogP contribution in [0.15, 0.2) is 0 Å². The van der Waals surface area contributed by atoms with E-state index >= 15 is 0 Å². The Hall–Kier alpha value is -0.0800. The van der Waals surface area contributed by atoms with E-state index in [2.05, 4.69) is 58.7 Å². The average molecular weight is 268 g/mol. The molecule has 1 aliphatic rings. The Morgan fingerprint density at radius 3 is 2.32 bits per heavy atom. The Balaban J connectivity index is 2.68. The van der Waals surface area contributed by atoms with E-state index in [4.69, 9.17) is 0 Å². The molecule has 1 N–H and O–H groups in total. The van der Waals surface area contributed by atoms with Crippen LogP contribution in [0.5, 0.6) is 0 Å². The highest BCUT2D eigenvalue weighted by Crippen LogP contribution is 2.26. The zero-order valence-corrected chi connectivity index (χ0v) is 14.3. The Labute approximate surface area is 121 Å². The molecule has 2 heteroatoms. The first-order valence-electron chi connectivity index (χ1n) is 8.23. The zero-order valence-electron chi connectivity index (χ0n) is 14.3. The lowest BCUT2D eigenvalue weighted by atomic mass is 9.83. The third kappa shape index (κ3) is 5.07. The molecular formula is C17H36N2.